The zero-order chi connectivity index (χ0) is 12.3. The van der Waals surface area contributed by atoms with Crippen molar-refractivity contribution in [2.24, 2.45) is 7.05 Å². The van der Waals surface area contributed by atoms with E-state index in [0.717, 1.165) is 11.3 Å². The average Bonchev–Trinajstić information content (AvgIpc) is 2.73. The standard InChI is InChI=1S/C13H14N2O2/c1-10(16)17-13(11-6-4-3-5-7-11)12-8-9-14-15(12)2/h3-9,13H,1-2H3. The predicted molar refractivity (Wildman–Crippen MR) is 63.3 cm³/mol. The zero-order valence-corrected chi connectivity index (χ0v) is 9.83. The number of aromatic nitrogens is 2. The van der Waals surface area contributed by atoms with Gasteiger partial charge in [0, 0.05) is 20.2 Å². The highest BCUT2D eigenvalue weighted by molar-refractivity contribution is 5.66. The van der Waals surface area contributed by atoms with Crippen LogP contribution in [-0.2, 0) is 16.6 Å². The van der Waals surface area contributed by atoms with E-state index in [2.05, 4.69) is 5.10 Å². The third kappa shape index (κ3) is 2.53. The molecule has 1 unspecified atom stereocenters. The fourth-order valence-electron chi connectivity index (χ4n) is 1.73. The number of ether oxygens (including phenoxy) is 1. The minimum atomic E-state index is -0.402. The van der Waals surface area contributed by atoms with Crippen molar-refractivity contribution in [1.29, 1.82) is 0 Å². The minimum absolute atomic E-state index is 0.306. The second-order valence-electron chi connectivity index (χ2n) is 3.78. The van der Waals surface area contributed by atoms with Gasteiger partial charge >= 0.3 is 5.97 Å². The van der Waals surface area contributed by atoms with Crippen LogP contribution in [0, 0.1) is 0 Å². The van der Waals surface area contributed by atoms with Crippen molar-refractivity contribution < 1.29 is 9.53 Å². The van der Waals surface area contributed by atoms with Gasteiger partial charge < -0.3 is 4.74 Å². The number of carbonyl (C=O) groups excluding carboxylic acids is 1. The molecule has 0 aliphatic heterocycles. The zero-order valence-electron chi connectivity index (χ0n) is 9.83. The number of rotatable bonds is 3. The number of benzene rings is 1. The van der Waals surface area contributed by atoms with Crippen molar-refractivity contribution in [1.82, 2.24) is 9.78 Å². The molecule has 0 radical (unpaired) electrons. The molecule has 0 fully saturated rings. The van der Waals surface area contributed by atoms with Crippen LogP contribution in [0.2, 0.25) is 0 Å². The Morgan fingerprint density at radius 2 is 2.00 bits per heavy atom. The first-order valence-corrected chi connectivity index (χ1v) is 5.38. The van der Waals surface area contributed by atoms with Gasteiger partial charge in [0.25, 0.3) is 0 Å². The molecule has 0 bridgehead atoms. The molecular weight excluding hydrogens is 216 g/mol. The molecule has 0 aliphatic rings. The second kappa shape index (κ2) is 4.82. The minimum Gasteiger partial charge on any atom is -0.451 e. The van der Waals surface area contributed by atoms with Gasteiger partial charge in [-0.2, -0.15) is 5.10 Å². The first-order valence-electron chi connectivity index (χ1n) is 5.38. The molecule has 2 aromatic rings. The highest BCUT2D eigenvalue weighted by atomic mass is 16.5. The van der Waals surface area contributed by atoms with Gasteiger partial charge in [-0.25, -0.2) is 0 Å². The first kappa shape index (κ1) is 11.4. The molecule has 88 valence electrons. The summed E-state index contributed by atoms with van der Waals surface area (Å²) in [6.45, 7) is 1.41. The number of hydrogen-bond donors (Lipinski definition) is 0. The molecule has 0 aliphatic carbocycles. The van der Waals surface area contributed by atoms with Crippen molar-refractivity contribution in [2.45, 2.75) is 13.0 Å². The van der Waals surface area contributed by atoms with E-state index in [-0.39, 0.29) is 5.97 Å². The van der Waals surface area contributed by atoms with Crippen LogP contribution >= 0.6 is 0 Å². The van der Waals surface area contributed by atoms with Gasteiger partial charge in [-0.1, -0.05) is 30.3 Å². The molecule has 1 aromatic carbocycles. The Balaban J connectivity index is 2.39. The Morgan fingerprint density at radius 1 is 1.29 bits per heavy atom. The maximum absolute atomic E-state index is 11.2. The van der Waals surface area contributed by atoms with Gasteiger partial charge in [-0.15, -0.1) is 0 Å². The SMILES string of the molecule is CC(=O)OC(c1ccccc1)c1ccnn1C. The van der Waals surface area contributed by atoms with Crippen molar-refractivity contribution in [3.05, 3.63) is 53.9 Å². The average molecular weight is 230 g/mol. The molecular formula is C13H14N2O2. The summed E-state index contributed by atoms with van der Waals surface area (Å²) in [7, 11) is 1.83. The summed E-state index contributed by atoms with van der Waals surface area (Å²) in [6.07, 6.45) is 1.29. The van der Waals surface area contributed by atoms with Gasteiger partial charge in [0.1, 0.15) is 0 Å². The first-order chi connectivity index (χ1) is 8.18. The number of esters is 1. The quantitative estimate of drug-likeness (QED) is 0.758. The molecule has 0 spiro atoms. The number of hydrogen-bond acceptors (Lipinski definition) is 3. The Bertz CT molecular complexity index is 505. The fraction of sp³-hybridized carbons (Fsp3) is 0.231. The Labute approximate surface area is 99.8 Å². The van der Waals surface area contributed by atoms with Crippen LogP contribution in [0.25, 0.3) is 0 Å². The maximum atomic E-state index is 11.2. The lowest BCUT2D eigenvalue weighted by Gasteiger charge is -2.17. The van der Waals surface area contributed by atoms with Crippen LogP contribution in [0.1, 0.15) is 24.3 Å². The van der Waals surface area contributed by atoms with Crippen LogP contribution < -0.4 is 0 Å². The second-order valence-corrected chi connectivity index (χ2v) is 3.78. The number of aryl methyl sites for hydroxylation is 1. The Hall–Kier alpha value is -2.10. The summed E-state index contributed by atoms with van der Waals surface area (Å²) in [4.78, 5) is 11.2. The lowest BCUT2D eigenvalue weighted by Crippen LogP contribution is -2.13. The summed E-state index contributed by atoms with van der Waals surface area (Å²) in [5.41, 5.74) is 1.79. The number of carbonyl (C=O) groups is 1. The lowest BCUT2D eigenvalue weighted by atomic mass is 10.1. The summed E-state index contributed by atoms with van der Waals surface area (Å²) in [5, 5.41) is 4.10. The molecule has 1 heterocycles. The smallest absolute Gasteiger partial charge is 0.303 e. The highest BCUT2D eigenvalue weighted by Gasteiger charge is 2.19. The van der Waals surface area contributed by atoms with E-state index < -0.39 is 6.10 Å². The summed E-state index contributed by atoms with van der Waals surface area (Å²) >= 11 is 0. The van der Waals surface area contributed by atoms with Crippen LogP contribution in [0.15, 0.2) is 42.6 Å². The van der Waals surface area contributed by atoms with Gasteiger partial charge in [-0.3, -0.25) is 9.48 Å². The van der Waals surface area contributed by atoms with Gasteiger partial charge in [0.15, 0.2) is 6.10 Å². The third-order valence-electron chi connectivity index (χ3n) is 2.51. The maximum Gasteiger partial charge on any atom is 0.303 e. The van der Waals surface area contributed by atoms with Gasteiger partial charge in [0.05, 0.1) is 5.69 Å². The topological polar surface area (TPSA) is 44.1 Å². The molecule has 17 heavy (non-hydrogen) atoms. The fourth-order valence-corrected chi connectivity index (χ4v) is 1.73. The van der Waals surface area contributed by atoms with E-state index in [1.165, 1.54) is 6.92 Å². The molecule has 4 nitrogen and oxygen atoms in total. The van der Waals surface area contributed by atoms with Crippen LogP contribution in [0.3, 0.4) is 0 Å². The van der Waals surface area contributed by atoms with Crippen LogP contribution in [0.4, 0.5) is 0 Å². The van der Waals surface area contributed by atoms with E-state index in [9.17, 15) is 4.79 Å². The molecule has 0 N–H and O–H groups in total. The van der Waals surface area contributed by atoms with Crippen molar-refractivity contribution >= 4 is 5.97 Å². The highest BCUT2D eigenvalue weighted by Crippen LogP contribution is 2.25. The van der Waals surface area contributed by atoms with Crippen LogP contribution in [0.5, 0.6) is 0 Å². The largest absolute Gasteiger partial charge is 0.451 e. The molecule has 4 heteroatoms. The predicted octanol–water partition coefficient (Wildman–Crippen LogP) is 2.07. The Morgan fingerprint density at radius 3 is 2.53 bits per heavy atom. The van der Waals surface area contributed by atoms with E-state index >= 15 is 0 Å². The van der Waals surface area contributed by atoms with E-state index in [0.29, 0.717) is 0 Å². The Kier molecular flexibility index (Phi) is 3.23. The molecule has 0 saturated carbocycles. The van der Waals surface area contributed by atoms with Crippen LogP contribution in [-0.4, -0.2) is 15.7 Å². The van der Waals surface area contributed by atoms with Gasteiger partial charge in [-0.05, 0) is 11.6 Å². The van der Waals surface area contributed by atoms with E-state index in [4.69, 9.17) is 4.74 Å². The van der Waals surface area contributed by atoms with Gasteiger partial charge in [0.2, 0.25) is 0 Å². The monoisotopic (exact) mass is 230 g/mol. The summed E-state index contributed by atoms with van der Waals surface area (Å²) in [6, 6.07) is 11.5. The van der Waals surface area contributed by atoms with E-state index in [1.54, 1.807) is 10.9 Å². The molecule has 0 amide bonds. The van der Waals surface area contributed by atoms with Crippen molar-refractivity contribution in [3.63, 3.8) is 0 Å². The molecule has 1 aromatic heterocycles. The summed E-state index contributed by atoms with van der Waals surface area (Å²) in [5.74, 6) is -0.306. The summed E-state index contributed by atoms with van der Waals surface area (Å²) < 4.78 is 7.07. The van der Waals surface area contributed by atoms with Crippen molar-refractivity contribution in [2.75, 3.05) is 0 Å². The molecule has 2 rings (SSSR count). The lowest BCUT2D eigenvalue weighted by molar-refractivity contribution is -0.145. The normalized spacial score (nSPS) is 12.1. The third-order valence-corrected chi connectivity index (χ3v) is 2.51. The number of nitrogens with zero attached hydrogens (tertiary/aromatic N) is 2. The van der Waals surface area contributed by atoms with Crippen molar-refractivity contribution in [3.8, 4) is 0 Å². The van der Waals surface area contributed by atoms with E-state index in [1.807, 2.05) is 43.4 Å². The molecule has 1 atom stereocenters. The molecule has 0 saturated heterocycles.